The van der Waals surface area contributed by atoms with Gasteiger partial charge in [-0.2, -0.15) is 62.3 Å². The van der Waals surface area contributed by atoms with Gasteiger partial charge in [0, 0.05) is 0 Å². The third-order valence-corrected chi connectivity index (χ3v) is 4.38. The second-order valence-electron chi connectivity index (χ2n) is 6.39. The number of hydrogen-bond acceptors (Lipinski definition) is 2. The van der Waals surface area contributed by atoms with Crippen molar-refractivity contribution in [2.75, 3.05) is 0 Å². The van der Waals surface area contributed by atoms with Crippen molar-refractivity contribution in [3.05, 3.63) is 35.4 Å². The van der Waals surface area contributed by atoms with Gasteiger partial charge in [-0.3, -0.25) is 0 Å². The topological polar surface area (TPSA) is 44.0 Å². The third kappa shape index (κ3) is 3.90. The fourth-order valence-corrected chi connectivity index (χ4v) is 2.31. The first-order chi connectivity index (χ1) is 13.6. The Hall–Kier alpha value is -2.24. The zero-order chi connectivity index (χ0) is 24.8. The van der Waals surface area contributed by atoms with Crippen LogP contribution in [0.3, 0.4) is 0 Å². The van der Waals surface area contributed by atoms with E-state index < -0.39 is 53.4 Å². The third-order valence-electron chi connectivity index (χ3n) is 4.38. The van der Waals surface area contributed by atoms with Gasteiger partial charge < -0.3 is 5.11 Å². The van der Waals surface area contributed by atoms with E-state index in [4.69, 9.17) is 5.26 Å². The van der Waals surface area contributed by atoms with Gasteiger partial charge in [0.1, 0.15) is 0 Å². The monoisotopic (exact) mass is 479 g/mol. The maximum Gasteiger partial charge on any atom is 0.460 e. The fourth-order valence-electron chi connectivity index (χ4n) is 2.31. The lowest BCUT2D eigenvalue weighted by molar-refractivity contribution is -0.444. The smallest absolute Gasteiger partial charge is 0.388 e. The molecule has 1 rings (SSSR count). The van der Waals surface area contributed by atoms with Gasteiger partial charge in [0.25, 0.3) is 0 Å². The predicted molar refractivity (Wildman–Crippen MR) is 76.1 cm³/mol. The van der Waals surface area contributed by atoms with Gasteiger partial charge >= 0.3 is 35.8 Å². The van der Waals surface area contributed by atoms with Crippen LogP contribution in [0, 0.1) is 17.2 Å². The van der Waals surface area contributed by atoms with Crippen LogP contribution in [0.25, 0.3) is 0 Å². The Labute approximate surface area is 164 Å². The first-order valence-electron chi connectivity index (χ1n) is 7.75. The molecule has 0 fully saturated rings. The van der Waals surface area contributed by atoms with Gasteiger partial charge in [0.05, 0.1) is 23.7 Å². The van der Waals surface area contributed by atoms with Crippen molar-refractivity contribution in [3.63, 3.8) is 0 Å². The number of aliphatic hydroxyl groups excluding tert-OH is 1. The zero-order valence-corrected chi connectivity index (χ0v) is 14.8. The molecule has 15 heteroatoms. The van der Waals surface area contributed by atoms with Crippen LogP contribution < -0.4 is 0 Å². The van der Waals surface area contributed by atoms with E-state index in [9.17, 15) is 62.2 Å². The number of nitrogens with zero attached hydrogens (tertiary/aromatic N) is 1. The molecular formula is C16H10F13NO. The molecule has 0 saturated carbocycles. The molecule has 1 N–H and O–H groups in total. The van der Waals surface area contributed by atoms with E-state index in [1.54, 1.807) is 6.07 Å². The number of rotatable bonds is 7. The molecule has 0 heterocycles. The molecule has 0 aromatic heterocycles. The van der Waals surface area contributed by atoms with Crippen molar-refractivity contribution in [1.29, 1.82) is 5.26 Å². The Balaban J connectivity index is 3.45. The summed E-state index contributed by atoms with van der Waals surface area (Å²) in [5.74, 6) is -41.0. The Morgan fingerprint density at radius 2 is 1.10 bits per heavy atom. The average Bonchev–Trinajstić information content (AvgIpc) is 2.65. The molecule has 31 heavy (non-hydrogen) atoms. The van der Waals surface area contributed by atoms with Gasteiger partial charge in [-0.15, -0.1) is 0 Å². The summed E-state index contributed by atoms with van der Waals surface area (Å²) in [7, 11) is 0. The van der Waals surface area contributed by atoms with Crippen LogP contribution in [0.5, 0.6) is 0 Å². The molecule has 0 spiro atoms. The van der Waals surface area contributed by atoms with Gasteiger partial charge in [0.2, 0.25) is 0 Å². The van der Waals surface area contributed by atoms with E-state index >= 15 is 0 Å². The maximum atomic E-state index is 14.1. The second kappa shape index (κ2) is 7.72. The van der Waals surface area contributed by atoms with Crippen LogP contribution in [-0.2, 0) is 0 Å². The Morgan fingerprint density at radius 3 is 1.45 bits per heavy atom. The molecule has 0 aliphatic rings. The van der Waals surface area contributed by atoms with Crippen molar-refractivity contribution in [1.82, 2.24) is 0 Å². The highest BCUT2D eigenvalue weighted by Gasteiger charge is 2.91. The summed E-state index contributed by atoms with van der Waals surface area (Å²) in [6, 6.07) is 4.70. The van der Waals surface area contributed by atoms with Gasteiger partial charge in [-0.25, -0.2) is 0 Å². The Morgan fingerprint density at radius 1 is 0.710 bits per heavy atom. The molecule has 2 atom stereocenters. The first-order valence-corrected chi connectivity index (χ1v) is 7.75. The Bertz CT molecular complexity index is 823. The lowest BCUT2D eigenvalue weighted by atomic mass is 9.83. The molecule has 0 aliphatic carbocycles. The number of benzene rings is 1. The van der Waals surface area contributed by atoms with Crippen molar-refractivity contribution < 1.29 is 62.2 Å². The molecule has 0 bridgehead atoms. The highest BCUT2D eigenvalue weighted by atomic mass is 19.4. The number of nitriles is 1. The molecule has 1 aromatic carbocycles. The summed E-state index contributed by atoms with van der Waals surface area (Å²) < 4.78 is 171. The van der Waals surface area contributed by atoms with Crippen LogP contribution in [0.15, 0.2) is 24.3 Å². The molecule has 0 radical (unpaired) electrons. The van der Waals surface area contributed by atoms with Gasteiger partial charge in [-0.1, -0.05) is 19.1 Å². The number of halogens is 13. The maximum absolute atomic E-state index is 14.1. The highest BCUT2D eigenvalue weighted by molar-refractivity contribution is 5.33. The molecule has 0 amide bonds. The van der Waals surface area contributed by atoms with Crippen molar-refractivity contribution >= 4 is 0 Å². The molecule has 0 aliphatic heterocycles. The minimum atomic E-state index is -8.00. The van der Waals surface area contributed by atoms with Crippen molar-refractivity contribution in [2.45, 2.75) is 48.8 Å². The molecule has 0 saturated heterocycles. The van der Waals surface area contributed by atoms with E-state index in [2.05, 4.69) is 0 Å². The molecular weight excluding hydrogens is 469 g/mol. The first kappa shape index (κ1) is 26.8. The lowest BCUT2D eigenvalue weighted by Gasteiger charge is -2.42. The number of alkyl halides is 13. The molecule has 2 nitrogen and oxygen atoms in total. The average molecular weight is 479 g/mol. The van der Waals surface area contributed by atoms with E-state index in [1.807, 2.05) is 0 Å². The molecule has 176 valence electrons. The number of hydrogen-bond donors (Lipinski definition) is 1. The van der Waals surface area contributed by atoms with E-state index in [-0.39, 0.29) is 12.5 Å². The largest absolute Gasteiger partial charge is 0.460 e. The van der Waals surface area contributed by atoms with Crippen LogP contribution >= 0.6 is 0 Å². The van der Waals surface area contributed by atoms with E-state index in [1.165, 1.54) is 0 Å². The summed E-state index contributed by atoms with van der Waals surface area (Å²) in [5.41, 5.74) is -0.820. The lowest BCUT2D eigenvalue weighted by Crippen LogP contribution is -2.71. The summed E-state index contributed by atoms with van der Waals surface area (Å²) >= 11 is 0. The van der Waals surface area contributed by atoms with Crippen LogP contribution in [0.4, 0.5) is 57.1 Å². The second-order valence-corrected chi connectivity index (χ2v) is 6.39. The van der Waals surface area contributed by atoms with Gasteiger partial charge in [0.15, 0.2) is 0 Å². The predicted octanol–water partition coefficient (Wildman–Crippen LogP) is 5.97. The summed E-state index contributed by atoms with van der Waals surface area (Å²) in [5, 5.41) is 18.3. The van der Waals surface area contributed by atoms with Crippen LogP contribution in [0.2, 0.25) is 0 Å². The van der Waals surface area contributed by atoms with Crippen LogP contribution in [-0.4, -0.2) is 40.9 Å². The quantitative estimate of drug-likeness (QED) is 0.491. The normalized spacial score (nSPS) is 16.6. The molecule has 2 unspecified atom stereocenters. The minimum absolute atomic E-state index is 0.0487. The SMILES string of the molecule is CC(C(O)c1ccc(C#N)cc1)C(F)(F)C(F)(F)C(F)(F)C(F)(F)C(F)(F)C(F)(F)F. The Kier molecular flexibility index (Phi) is 6.67. The van der Waals surface area contributed by atoms with Crippen LogP contribution in [0.1, 0.15) is 24.2 Å². The minimum Gasteiger partial charge on any atom is -0.388 e. The fraction of sp³-hybridized carbons (Fsp3) is 0.562. The summed E-state index contributed by atoms with van der Waals surface area (Å²) in [4.78, 5) is 0. The van der Waals surface area contributed by atoms with E-state index in [0.29, 0.717) is 12.1 Å². The standard InChI is InChI=1S/C16H10F13NO/c1-7(10(31)9-4-2-8(6-30)3-5-9)11(17,18)12(19,20)13(21,22)14(23,24)15(25,26)16(27,28)29/h2-5,7,10,31H,1H3. The summed E-state index contributed by atoms with van der Waals surface area (Å²) in [6.45, 7) is -0.0487. The summed E-state index contributed by atoms with van der Waals surface area (Å²) in [6.07, 6.45) is -10.3. The van der Waals surface area contributed by atoms with Crippen molar-refractivity contribution in [3.8, 4) is 6.07 Å². The van der Waals surface area contributed by atoms with Crippen molar-refractivity contribution in [2.24, 2.45) is 5.92 Å². The van der Waals surface area contributed by atoms with Gasteiger partial charge in [-0.05, 0) is 17.7 Å². The number of aliphatic hydroxyl groups is 1. The van der Waals surface area contributed by atoms with E-state index in [0.717, 1.165) is 12.1 Å². The molecule has 1 aromatic rings. The highest BCUT2D eigenvalue weighted by Crippen LogP contribution is 2.61. The zero-order valence-electron chi connectivity index (χ0n) is 14.8.